The number of nitriles is 1. The summed E-state index contributed by atoms with van der Waals surface area (Å²) in [5.74, 6) is -0.632. The molecule has 1 unspecified atom stereocenters. The number of likely N-dealkylation sites (tertiary alicyclic amines) is 1. The van der Waals surface area contributed by atoms with Crippen molar-refractivity contribution >= 4 is 11.6 Å². The first-order valence-electron chi connectivity index (χ1n) is 5.02. The highest BCUT2D eigenvalue weighted by Gasteiger charge is 2.36. The summed E-state index contributed by atoms with van der Waals surface area (Å²) in [5, 5.41) is 16.4. The van der Waals surface area contributed by atoms with Gasteiger partial charge in [-0.2, -0.15) is 5.26 Å². The van der Waals surface area contributed by atoms with Crippen molar-refractivity contribution in [1.29, 1.82) is 10.7 Å². The fourth-order valence-corrected chi connectivity index (χ4v) is 1.91. The molecule has 1 aliphatic rings. The largest absolute Gasteiger partial charge is 0.323 e. The predicted molar refractivity (Wildman–Crippen MR) is 59.1 cm³/mol. The zero-order valence-electron chi connectivity index (χ0n) is 8.68. The minimum atomic E-state index is -0.491. The molecule has 1 fully saturated rings. The molecule has 1 aromatic carbocycles. The zero-order chi connectivity index (χ0) is 11.5. The first-order valence-corrected chi connectivity index (χ1v) is 5.02. The molecule has 0 aliphatic carbocycles. The summed E-state index contributed by atoms with van der Waals surface area (Å²) in [6, 6.07) is 11.2. The Morgan fingerprint density at radius 2 is 2.12 bits per heavy atom. The van der Waals surface area contributed by atoms with Crippen LogP contribution in [0.3, 0.4) is 0 Å². The van der Waals surface area contributed by atoms with E-state index in [0.717, 1.165) is 5.56 Å². The van der Waals surface area contributed by atoms with Crippen molar-refractivity contribution in [3.8, 4) is 6.07 Å². The molecule has 4 heteroatoms. The molecule has 80 valence electrons. The Balaban J connectivity index is 2.27. The molecule has 1 atom stereocenters. The number of amides is 1. The van der Waals surface area contributed by atoms with Crippen molar-refractivity contribution in [1.82, 2.24) is 4.90 Å². The average molecular weight is 213 g/mol. The van der Waals surface area contributed by atoms with Crippen LogP contribution in [0.15, 0.2) is 30.3 Å². The monoisotopic (exact) mass is 213 g/mol. The summed E-state index contributed by atoms with van der Waals surface area (Å²) < 4.78 is 0. The van der Waals surface area contributed by atoms with Crippen LogP contribution in [0.4, 0.5) is 0 Å². The SMILES string of the molecule is N#CCN1CC(=N)C(c2ccccc2)C1=O. The van der Waals surface area contributed by atoms with Crippen LogP contribution < -0.4 is 0 Å². The third-order valence-corrected chi connectivity index (χ3v) is 2.66. The predicted octanol–water partition coefficient (Wildman–Crippen LogP) is 1.16. The normalized spacial score (nSPS) is 19.9. The highest BCUT2D eigenvalue weighted by atomic mass is 16.2. The lowest BCUT2D eigenvalue weighted by molar-refractivity contribution is -0.128. The Bertz CT molecular complexity index is 461. The Hall–Kier alpha value is -2.15. The summed E-state index contributed by atoms with van der Waals surface area (Å²) in [6.07, 6.45) is 0. The standard InChI is InChI=1S/C12H11N3O/c13-6-7-15-8-10(14)11(12(15)16)9-4-2-1-3-5-9/h1-5,11,14H,7-8H2. The second-order valence-electron chi connectivity index (χ2n) is 3.72. The third-order valence-electron chi connectivity index (χ3n) is 2.66. The minimum Gasteiger partial charge on any atom is -0.323 e. The van der Waals surface area contributed by atoms with Gasteiger partial charge in [0.1, 0.15) is 12.5 Å². The minimum absolute atomic E-state index is 0.0601. The number of carbonyl (C=O) groups is 1. The van der Waals surface area contributed by atoms with Crippen molar-refractivity contribution in [2.45, 2.75) is 5.92 Å². The Labute approximate surface area is 93.6 Å². The van der Waals surface area contributed by atoms with Gasteiger partial charge in [-0.05, 0) is 5.56 Å². The highest BCUT2D eigenvalue weighted by molar-refractivity contribution is 6.14. The van der Waals surface area contributed by atoms with Gasteiger partial charge in [-0.1, -0.05) is 30.3 Å². The van der Waals surface area contributed by atoms with Gasteiger partial charge in [0.25, 0.3) is 0 Å². The van der Waals surface area contributed by atoms with E-state index in [1.165, 1.54) is 4.90 Å². The lowest BCUT2D eigenvalue weighted by Crippen LogP contribution is -2.27. The van der Waals surface area contributed by atoms with Crippen LogP contribution in [0.2, 0.25) is 0 Å². The van der Waals surface area contributed by atoms with Gasteiger partial charge >= 0.3 is 0 Å². The maximum absolute atomic E-state index is 11.9. The second-order valence-corrected chi connectivity index (χ2v) is 3.72. The molecule has 2 rings (SSSR count). The number of hydrogen-bond acceptors (Lipinski definition) is 3. The molecular formula is C12H11N3O. The van der Waals surface area contributed by atoms with E-state index in [1.807, 2.05) is 36.4 Å². The maximum Gasteiger partial charge on any atom is 0.237 e. The van der Waals surface area contributed by atoms with Crippen LogP contribution in [-0.2, 0) is 4.79 Å². The molecule has 0 saturated carbocycles. The molecule has 0 aromatic heterocycles. The first-order chi connectivity index (χ1) is 7.74. The van der Waals surface area contributed by atoms with E-state index in [1.54, 1.807) is 0 Å². The fourth-order valence-electron chi connectivity index (χ4n) is 1.91. The number of nitrogens with zero attached hydrogens (tertiary/aromatic N) is 2. The van der Waals surface area contributed by atoms with Gasteiger partial charge in [0, 0.05) is 5.71 Å². The maximum atomic E-state index is 11.9. The van der Waals surface area contributed by atoms with E-state index in [9.17, 15) is 4.79 Å². The second kappa shape index (κ2) is 4.15. The van der Waals surface area contributed by atoms with Crippen molar-refractivity contribution in [2.24, 2.45) is 0 Å². The Morgan fingerprint density at radius 1 is 1.44 bits per heavy atom. The van der Waals surface area contributed by atoms with Crippen molar-refractivity contribution in [3.05, 3.63) is 35.9 Å². The Kier molecular flexibility index (Phi) is 2.69. The Morgan fingerprint density at radius 3 is 2.75 bits per heavy atom. The van der Waals surface area contributed by atoms with Gasteiger partial charge < -0.3 is 10.3 Å². The number of nitrogens with one attached hydrogen (secondary N) is 1. The molecule has 1 saturated heterocycles. The van der Waals surface area contributed by atoms with Crippen molar-refractivity contribution in [3.63, 3.8) is 0 Å². The van der Waals surface area contributed by atoms with E-state index in [0.29, 0.717) is 5.71 Å². The van der Waals surface area contributed by atoms with Gasteiger partial charge in [0.05, 0.1) is 12.6 Å². The van der Waals surface area contributed by atoms with Crippen LogP contribution >= 0.6 is 0 Å². The van der Waals surface area contributed by atoms with Crippen molar-refractivity contribution < 1.29 is 4.79 Å². The van der Waals surface area contributed by atoms with Crippen molar-refractivity contribution in [2.75, 3.05) is 13.1 Å². The van der Waals surface area contributed by atoms with Gasteiger partial charge in [0.2, 0.25) is 5.91 Å². The molecule has 4 nitrogen and oxygen atoms in total. The van der Waals surface area contributed by atoms with E-state index in [-0.39, 0.29) is 19.0 Å². The summed E-state index contributed by atoms with van der Waals surface area (Å²) >= 11 is 0. The number of rotatable bonds is 2. The van der Waals surface area contributed by atoms with E-state index < -0.39 is 5.92 Å². The van der Waals surface area contributed by atoms with Crippen LogP contribution in [0.5, 0.6) is 0 Å². The smallest absolute Gasteiger partial charge is 0.237 e. The first kappa shape index (κ1) is 10.4. The van der Waals surface area contributed by atoms with Crippen LogP contribution in [0, 0.1) is 16.7 Å². The molecule has 16 heavy (non-hydrogen) atoms. The molecular weight excluding hydrogens is 202 g/mol. The van der Waals surface area contributed by atoms with E-state index in [2.05, 4.69) is 0 Å². The molecule has 1 heterocycles. The third kappa shape index (κ3) is 1.68. The molecule has 0 bridgehead atoms. The summed E-state index contributed by atoms with van der Waals surface area (Å²) in [4.78, 5) is 13.4. The summed E-state index contributed by atoms with van der Waals surface area (Å²) in [7, 11) is 0. The molecule has 0 spiro atoms. The lowest BCUT2D eigenvalue weighted by Gasteiger charge is -2.11. The van der Waals surface area contributed by atoms with Gasteiger partial charge in [-0.15, -0.1) is 0 Å². The molecule has 1 N–H and O–H groups in total. The molecule has 0 radical (unpaired) electrons. The van der Waals surface area contributed by atoms with E-state index >= 15 is 0 Å². The highest BCUT2D eigenvalue weighted by Crippen LogP contribution is 2.25. The molecule has 1 amide bonds. The van der Waals surface area contributed by atoms with Crippen LogP contribution in [0.1, 0.15) is 11.5 Å². The lowest BCUT2D eigenvalue weighted by atomic mass is 9.96. The van der Waals surface area contributed by atoms with Gasteiger partial charge in [-0.3, -0.25) is 4.79 Å². The fraction of sp³-hybridized carbons (Fsp3) is 0.250. The average Bonchev–Trinajstić information content (AvgIpc) is 2.56. The summed E-state index contributed by atoms with van der Waals surface area (Å²) in [6.45, 7) is 0.330. The van der Waals surface area contributed by atoms with Gasteiger partial charge in [0.15, 0.2) is 0 Å². The van der Waals surface area contributed by atoms with Gasteiger partial charge in [-0.25, -0.2) is 0 Å². The number of hydrogen-bond donors (Lipinski definition) is 1. The topological polar surface area (TPSA) is 68.0 Å². The van der Waals surface area contributed by atoms with Crippen LogP contribution in [-0.4, -0.2) is 29.6 Å². The van der Waals surface area contributed by atoms with E-state index in [4.69, 9.17) is 10.7 Å². The quantitative estimate of drug-likeness (QED) is 0.749. The van der Waals surface area contributed by atoms with Crippen LogP contribution in [0.25, 0.3) is 0 Å². The zero-order valence-corrected chi connectivity index (χ0v) is 8.68. The summed E-state index contributed by atoms with van der Waals surface area (Å²) in [5.41, 5.74) is 1.20. The number of benzene rings is 1. The molecule has 1 aliphatic heterocycles. The molecule has 1 aromatic rings. The number of carbonyl (C=O) groups excluding carboxylic acids is 1.